The Balaban J connectivity index is 4.59. The SMILES string of the molecule is CCCN(C(=O)C(C)(C)NC)C(C)C. The van der Waals surface area contributed by atoms with Crippen LogP contribution in [-0.2, 0) is 4.79 Å². The molecule has 0 saturated carbocycles. The molecule has 0 fully saturated rings. The quantitative estimate of drug-likeness (QED) is 0.731. The largest absolute Gasteiger partial charge is 0.339 e. The van der Waals surface area contributed by atoms with Crippen LogP contribution in [0.1, 0.15) is 41.0 Å². The second kappa shape index (κ2) is 5.35. The molecule has 0 unspecified atom stereocenters. The third-order valence-electron chi connectivity index (χ3n) is 2.51. The van der Waals surface area contributed by atoms with E-state index in [1.165, 1.54) is 0 Å². The number of likely N-dealkylation sites (N-methyl/N-ethyl adjacent to an activating group) is 1. The summed E-state index contributed by atoms with van der Waals surface area (Å²) in [6, 6.07) is 0.273. The van der Waals surface area contributed by atoms with Crippen LogP contribution in [-0.4, -0.2) is 36.0 Å². The lowest BCUT2D eigenvalue weighted by molar-refractivity contribution is -0.138. The Morgan fingerprint density at radius 2 is 1.93 bits per heavy atom. The molecule has 3 nitrogen and oxygen atoms in total. The topological polar surface area (TPSA) is 32.3 Å². The maximum atomic E-state index is 12.1. The lowest BCUT2D eigenvalue weighted by Gasteiger charge is -2.34. The van der Waals surface area contributed by atoms with Crippen molar-refractivity contribution in [3.05, 3.63) is 0 Å². The molecule has 0 rings (SSSR count). The average Bonchev–Trinajstić information content (AvgIpc) is 2.12. The molecule has 0 bridgehead atoms. The van der Waals surface area contributed by atoms with Crippen molar-refractivity contribution < 1.29 is 4.79 Å². The highest BCUT2D eigenvalue weighted by Gasteiger charge is 2.30. The van der Waals surface area contributed by atoms with E-state index in [2.05, 4.69) is 26.1 Å². The summed E-state index contributed by atoms with van der Waals surface area (Å²) < 4.78 is 0. The van der Waals surface area contributed by atoms with Gasteiger partial charge in [0.1, 0.15) is 0 Å². The molecule has 3 heteroatoms. The fourth-order valence-corrected chi connectivity index (χ4v) is 1.30. The van der Waals surface area contributed by atoms with Gasteiger partial charge in [-0.2, -0.15) is 0 Å². The summed E-state index contributed by atoms with van der Waals surface area (Å²) >= 11 is 0. The Bertz CT molecular complexity index is 188. The van der Waals surface area contributed by atoms with Crippen molar-refractivity contribution in [2.45, 2.75) is 52.6 Å². The van der Waals surface area contributed by atoms with Gasteiger partial charge >= 0.3 is 0 Å². The molecule has 0 saturated heterocycles. The maximum absolute atomic E-state index is 12.1. The number of rotatable bonds is 5. The number of hydrogen-bond acceptors (Lipinski definition) is 2. The van der Waals surface area contributed by atoms with Crippen molar-refractivity contribution in [1.29, 1.82) is 0 Å². The van der Waals surface area contributed by atoms with Gasteiger partial charge in [-0.25, -0.2) is 0 Å². The van der Waals surface area contributed by atoms with Crippen LogP contribution in [0.3, 0.4) is 0 Å². The Labute approximate surface area is 87.9 Å². The highest BCUT2D eigenvalue weighted by atomic mass is 16.2. The molecule has 1 N–H and O–H groups in total. The summed E-state index contributed by atoms with van der Waals surface area (Å²) in [4.78, 5) is 14.0. The molecule has 1 amide bonds. The van der Waals surface area contributed by atoms with Crippen LogP contribution in [0, 0.1) is 0 Å². The molecule has 0 aliphatic heterocycles. The van der Waals surface area contributed by atoms with Crippen LogP contribution in [0.2, 0.25) is 0 Å². The molecule has 0 aromatic rings. The minimum absolute atomic E-state index is 0.178. The van der Waals surface area contributed by atoms with E-state index in [9.17, 15) is 4.79 Å². The van der Waals surface area contributed by atoms with E-state index in [-0.39, 0.29) is 11.9 Å². The van der Waals surface area contributed by atoms with Crippen molar-refractivity contribution in [3.63, 3.8) is 0 Å². The second-order valence-corrected chi connectivity index (χ2v) is 4.47. The minimum Gasteiger partial charge on any atom is -0.339 e. The lowest BCUT2D eigenvalue weighted by Crippen LogP contribution is -2.54. The Hall–Kier alpha value is -0.570. The highest BCUT2D eigenvalue weighted by molar-refractivity contribution is 5.85. The molecule has 0 aromatic heterocycles. The van der Waals surface area contributed by atoms with Crippen molar-refractivity contribution in [1.82, 2.24) is 10.2 Å². The fraction of sp³-hybridized carbons (Fsp3) is 0.909. The number of nitrogens with one attached hydrogen (secondary N) is 1. The zero-order valence-corrected chi connectivity index (χ0v) is 10.3. The maximum Gasteiger partial charge on any atom is 0.242 e. The van der Waals surface area contributed by atoms with Crippen LogP contribution in [0.4, 0.5) is 0 Å². The third-order valence-corrected chi connectivity index (χ3v) is 2.51. The summed E-state index contributed by atoms with van der Waals surface area (Å²) in [6.45, 7) is 10.9. The van der Waals surface area contributed by atoms with E-state index in [4.69, 9.17) is 0 Å². The van der Waals surface area contributed by atoms with Crippen LogP contribution in [0.5, 0.6) is 0 Å². The van der Waals surface area contributed by atoms with Gasteiger partial charge in [0.25, 0.3) is 0 Å². The Morgan fingerprint density at radius 1 is 1.43 bits per heavy atom. The van der Waals surface area contributed by atoms with Crippen molar-refractivity contribution in [2.24, 2.45) is 0 Å². The molecule has 0 aromatic carbocycles. The molecule has 84 valence electrons. The molecule has 0 radical (unpaired) electrons. The van der Waals surface area contributed by atoms with Gasteiger partial charge in [-0.05, 0) is 41.2 Å². The van der Waals surface area contributed by atoms with Gasteiger partial charge < -0.3 is 10.2 Å². The number of amides is 1. The zero-order chi connectivity index (χ0) is 11.4. The Kier molecular flexibility index (Phi) is 5.13. The van der Waals surface area contributed by atoms with Gasteiger partial charge in [0, 0.05) is 12.6 Å². The van der Waals surface area contributed by atoms with Crippen molar-refractivity contribution in [2.75, 3.05) is 13.6 Å². The van der Waals surface area contributed by atoms with Gasteiger partial charge in [-0.15, -0.1) is 0 Å². The van der Waals surface area contributed by atoms with Gasteiger partial charge in [0.2, 0.25) is 5.91 Å². The van der Waals surface area contributed by atoms with Crippen molar-refractivity contribution >= 4 is 5.91 Å². The first-order valence-corrected chi connectivity index (χ1v) is 5.36. The van der Waals surface area contributed by atoms with Gasteiger partial charge in [0.15, 0.2) is 0 Å². The van der Waals surface area contributed by atoms with E-state index >= 15 is 0 Å². The van der Waals surface area contributed by atoms with Crippen LogP contribution in [0.25, 0.3) is 0 Å². The van der Waals surface area contributed by atoms with E-state index in [1.807, 2.05) is 25.8 Å². The summed E-state index contributed by atoms with van der Waals surface area (Å²) in [7, 11) is 1.82. The fourth-order valence-electron chi connectivity index (χ4n) is 1.30. The number of nitrogens with zero attached hydrogens (tertiary/aromatic N) is 1. The van der Waals surface area contributed by atoms with Gasteiger partial charge in [-0.3, -0.25) is 4.79 Å². The molecule has 14 heavy (non-hydrogen) atoms. The normalized spacial score (nSPS) is 11.9. The monoisotopic (exact) mass is 200 g/mol. The van der Waals surface area contributed by atoms with E-state index < -0.39 is 5.54 Å². The third kappa shape index (κ3) is 3.29. The van der Waals surface area contributed by atoms with Crippen LogP contribution >= 0.6 is 0 Å². The van der Waals surface area contributed by atoms with Gasteiger partial charge in [-0.1, -0.05) is 6.92 Å². The minimum atomic E-state index is -0.459. The predicted octanol–water partition coefficient (Wildman–Crippen LogP) is 1.63. The summed E-state index contributed by atoms with van der Waals surface area (Å²) in [5.41, 5.74) is -0.459. The first-order valence-electron chi connectivity index (χ1n) is 5.36. The number of carbonyl (C=O) groups excluding carboxylic acids is 1. The first-order chi connectivity index (χ1) is 6.36. The molecule has 0 spiro atoms. The summed E-state index contributed by atoms with van der Waals surface area (Å²) in [6.07, 6.45) is 1.00. The Morgan fingerprint density at radius 3 is 2.21 bits per heavy atom. The van der Waals surface area contributed by atoms with Crippen LogP contribution < -0.4 is 5.32 Å². The average molecular weight is 200 g/mol. The standard InChI is InChI=1S/C11H24N2O/c1-7-8-13(9(2)3)10(14)11(4,5)12-6/h9,12H,7-8H2,1-6H3. The lowest BCUT2D eigenvalue weighted by atomic mass is 10.0. The first kappa shape index (κ1) is 13.4. The molecule has 0 atom stereocenters. The van der Waals surface area contributed by atoms with E-state index in [1.54, 1.807) is 0 Å². The number of hydrogen-bond donors (Lipinski definition) is 1. The van der Waals surface area contributed by atoms with E-state index in [0.29, 0.717) is 0 Å². The zero-order valence-electron chi connectivity index (χ0n) is 10.3. The van der Waals surface area contributed by atoms with Crippen LogP contribution in [0.15, 0.2) is 0 Å². The number of carbonyl (C=O) groups is 1. The van der Waals surface area contributed by atoms with E-state index in [0.717, 1.165) is 13.0 Å². The van der Waals surface area contributed by atoms with Crippen molar-refractivity contribution in [3.8, 4) is 0 Å². The second-order valence-electron chi connectivity index (χ2n) is 4.47. The predicted molar refractivity (Wildman–Crippen MR) is 60.3 cm³/mol. The molecular formula is C11H24N2O. The summed E-state index contributed by atoms with van der Waals surface area (Å²) in [5.74, 6) is 0.178. The molecular weight excluding hydrogens is 176 g/mol. The smallest absolute Gasteiger partial charge is 0.242 e. The molecule has 0 aliphatic carbocycles. The summed E-state index contributed by atoms with van der Waals surface area (Å²) in [5, 5.41) is 3.04. The molecule has 0 heterocycles. The highest BCUT2D eigenvalue weighted by Crippen LogP contribution is 2.11. The molecule has 0 aliphatic rings. The van der Waals surface area contributed by atoms with Gasteiger partial charge in [0.05, 0.1) is 5.54 Å².